The second-order valence-electron chi connectivity index (χ2n) is 8.24. The van der Waals surface area contributed by atoms with Gasteiger partial charge in [0.15, 0.2) is 0 Å². The summed E-state index contributed by atoms with van der Waals surface area (Å²) in [5.41, 5.74) is 1.94. The Balaban J connectivity index is 1.78. The molecule has 6 nitrogen and oxygen atoms in total. The number of carboxylic acids is 1. The van der Waals surface area contributed by atoms with Crippen LogP contribution in [0, 0.1) is 0 Å². The lowest BCUT2D eigenvalue weighted by molar-refractivity contribution is 0.0119. The van der Waals surface area contributed by atoms with Crippen molar-refractivity contribution >= 4 is 12.1 Å². The van der Waals surface area contributed by atoms with E-state index in [2.05, 4.69) is 17.0 Å². The van der Waals surface area contributed by atoms with Crippen molar-refractivity contribution in [1.82, 2.24) is 9.80 Å². The Labute approximate surface area is 171 Å². The van der Waals surface area contributed by atoms with E-state index < -0.39 is 11.6 Å². The molecule has 0 aliphatic carbocycles. The topological polar surface area (TPSA) is 70.1 Å². The number of benzene rings is 2. The molecule has 154 valence electrons. The van der Waals surface area contributed by atoms with Gasteiger partial charge in [-0.05, 0) is 44.0 Å². The van der Waals surface area contributed by atoms with Crippen molar-refractivity contribution in [1.29, 1.82) is 0 Å². The van der Waals surface area contributed by atoms with Crippen molar-refractivity contribution in [3.8, 4) is 0 Å². The maximum Gasteiger partial charge on any atom is 0.410 e. The van der Waals surface area contributed by atoms with E-state index in [9.17, 15) is 14.7 Å². The third-order valence-electron chi connectivity index (χ3n) is 4.92. The minimum absolute atomic E-state index is 0.000156. The molecule has 1 unspecified atom stereocenters. The van der Waals surface area contributed by atoms with Gasteiger partial charge in [0.25, 0.3) is 0 Å². The lowest BCUT2D eigenvalue weighted by Gasteiger charge is -2.40. The standard InChI is InChI=1S/C23H28N2O4/c1-23(2,3)29-22(28)25-15-13-24(14-16-25)20(17-7-5-4-6-8-17)18-9-11-19(12-10-18)21(26)27/h4-12,20H,13-16H2,1-3H3,(H,26,27). The summed E-state index contributed by atoms with van der Waals surface area (Å²) < 4.78 is 5.49. The first-order valence-electron chi connectivity index (χ1n) is 9.85. The first-order valence-corrected chi connectivity index (χ1v) is 9.85. The number of carbonyl (C=O) groups excluding carboxylic acids is 1. The quantitative estimate of drug-likeness (QED) is 0.845. The number of amides is 1. The molecular formula is C23H28N2O4. The molecule has 1 heterocycles. The molecule has 1 aliphatic rings. The molecule has 0 spiro atoms. The van der Waals surface area contributed by atoms with Crippen LogP contribution < -0.4 is 0 Å². The Morgan fingerprint density at radius 3 is 1.97 bits per heavy atom. The SMILES string of the molecule is CC(C)(C)OC(=O)N1CCN(C(c2ccccc2)c2ccc(C(=O)O)cc2)CC1. The number of carboxylic acid groups (broad SMARTS) is 1. The molecular weight excluding hydrogens is 368 g/mol. The molecule has 0 aromatic heterocycles. The zero-order chi connectivity index (χ0) is 21.0. The molecule has 1 saturated heterocycles. The molecule has 0 bridgehead atoms. The molecule has 0 radical (unpaired) electrons. The highest BCUT2D eigenvalue weighted by Crippen LogP contribution is 2.30. The predicted molar refractivity (Wildman–Crippen MR) is 111 cm³/mol. The van der Waals surface area contributed by atoms with Crippen LogP contribution >= 0.6 is 0 Å². The van der Waals surface area contributed by atoms with Gasteiger partial charge in [-0.25, -0.2) is 9.59 Å². The highest BCUT2D eigenvalue weighted by Gasteiger charge is 2.30. The highest BCUT2D eigenvalue weighted by atomic mass is 16.6. The minimum Gasteiger partial charge on any atom is -0.478 e. The molecule has 3 rings (SSSR count). The predicted octanol–water partition coefficient (Wildman–Crippen LogP) is 4.03. The lowest BCUT2D eigenvalue weighted by Crippen LogP contribution is -2.51. The molecule has 2 aromatic rings. The van der Waals surface area contributed by atoms with Crippen molar-refractivity contribution in [2.24, 2.45) is 0 Å². The second-order valence-corrected chi connectivity index (χ2v) is 8.24. The molecule has 29 heavy (non-hydrogen) atoms. The normalized spacial score (nSPS) is 16.3. The van der Waals surface area contributed by atoms with Crippen LogP contribution in [0.5, 0.6) is 0 Å². The molecule has 1 atom stereocenters. The average molecular weight is 396 g/mol. The Kier molecular flexibility index (Phi) is 6.23. The summed E-state index contributed by atoms with van der Waals surface area (Å²) in [6.45, 7) is 8.20. The number of ether oxygens (including phenoxy) is 1. The van der Waals surface area contributed by atoms with Gasteiger partial charge < -0.3 is 14.7 Å². The van der Waals surface area contributed by atoms with Crippen molar-refractivity contribution in [2.45, 2.75) is 32.4 Å². The van der Waals surface area contributed by atoms with Gasteiger partial charge in [-0.1, -0.05) is 42.5 Å². The van der Waals surface area contributed by atoms with Crippen molar-refractivity contribution in [3.05, 3.63) is 71.3 Å². The summed E-state index contributed by atoms with van der Waals surface area (Å²) in [4.78, 5) is 27.6. The van der Waals surface area contributed by atoms with Crippen LogP contribution in [0.25, 0.3) is 0 Å². The van der Waals surface area contributed by atoms with Crippen LogP contribution in [-0.4, -0.2) is 58.7 Å². The summed E-state index contributed by atoms with van der Waals surface area (Å²) in [6, 6.07) is 17.2. The maximum absolute atomic E-state index is 12.4. The van der Waals surface area contributed by atoms with Gasteiger partial charge in [0.1, 0.15) is 5.60 Å². The van der Waals surface area contributed by atoms with Crippen LogP contribution in [0.4, 0.5) is 4.79 Å². The van der Waals surface area contributed by atoms with Crippen LogP contribution in [0.2, 0.25) is 0 Å². The van der Waals surface area contributed by atoms with Gasteiger partial charge in [0, 0.05) is 26.2 Å². The van der Waals surface area contributed by atoms with Crippen LogP contribution in [-0.2, 0) is 4.74 Å². The van der Waals surface area contributed by atoms with E-state index in [1.54, 1.807) is 17.0 Å². The third-order valence-corrected chi connectivity index (χ3v) is 4.92. The maximum atomic E-state index is 12.4. The Hall–Kier alpha value is -2.86. The van der Waals surface area contributed by atoms with E-state index in [4.69, 9.17) is 4.74 Å². The molecule has 1 fully saturated rings. The van der Waals surface area contributed by atoms with Crippen LogP contribution in [0.15, 0.2) is 54.6 Å². The monoisotopic (exact) mass is 396 g/mol. The smallest absolute Gasteiger partial charge is 0.410 e. The third kappa shape index (κ3) is 5.35. The highest BCUT2D eigenvalue weighted by molar-refractivity contribution is 5.87. The molecule has 1 amide bonds. The minimum atomic E-state index is -0.932. The van der Waals surface area contributed by atoms with Gasteiger partial charge in [-0.15, -0.1) is 0 Å². The van der Waals surface area contributed by atoms with Gasteiger partial charge in [0.2, 0.25) is 0 Å². The van der Waals surface area contributed by atoms with Gasteiger partial charge in [-0.2, -0.15) is 0 Å². The van der Waals surface area contributed by atoms with E-state index in [-0.39, 0.29) is 17.7 Å². The second kappa shape index (κ2) is 8.66. The fraction of sp³-hybridized carbons (Fsp3) is 0.391. The van der Waals surface area contributed by atoms with E-state index >= 15 is 0 Å². The zero-order valence-electron chi connectivity index (χ0n) is 17.2. The summed E-state index contributed by atoms with van der Waals surface area (Å²) in [5.74, 6) is -0.932. The first kappa shape index (κ1) is 20.9. The first-order chi connectivity index (χ1) is 13.7. The van der Waals surface area contributed by atoms with Gasteiger partial charge >= 0.3 is 12.1 Å². The number of piperazine rings is 1. The Bertz CT molecular complexity index is 835. The van der Waals surface area contributed by atoms with E-state index in [0.29, 0.717) is 26.2 Å². The van der Waals surface area contributed by atoms with E-state index in [0.717, 1.165) is 11.1 Å². The fourth-order valence-electron chi connectivity index (χ4n) is 3.55. The molecule has 1 aliphatic heterocycles. The largest absolute Gasteiger partial charge is 0.478 e. The number of aromatic carboxylic acids is 1. The van der Waals surface area contributed by atoms with Crippen molar-refractivity contribution in [2.75, 3.05) is 26.2 Å². The lowest BCUT2D eigenvalue weighted by atomic mass is 9.95. The molecule has 0 saturated carbocycles. The Morgan fingerprint density at radius 2 is 1.45 bits per heavy atom. The molecule has 6 heteroatoms. The number of hydrogen-bond donors (Lipinski definition) is 1. The molecule has 1 N–H and O–H groups in total. The van der Waals surface area contributed by atoms with Crippen LogP contribution in [0.3, 0.4) is 0 Å². The number of carbonyl (C=O) groups is 2. The van der Waals surface area contributed by atoms with Crippen molar-refractivity contribution in [3.63, 3.8) is 0 Å². The summed E-state index contributed by atoms with van der Waals surface area (Å²) >= 11 is 0. The van der Waals surface area contributed by atoms with E-state index in [1.807, 2.05) is 51.1 Å². The Morgan fingerprint density at radius 1 is 0.897 bits per heavy atom. The number of hydrogen-bond acceptors (Lipinski definition) is 4. The van der Waals surface area contributed by atoms with Gasteiger partial charge in [0.05, 0.1) is 11.6 Å². The summed E-state index contributed by atoms with van der Waals surface area (Å²) in [5, 5.41) is 9.18. The summed E-state index contributed by atoms with van der Waals surface area (Å²) in [6.07, 6.45) is -0.278. The van der Waals surface area contributed by atoms with Gasteiger partial charge in [-0.3, -0.25) is 4.90 Å². The van der Waals surface area contributed by atoms with E-state index in [1.165, 1.54) is 0 Å². The number of rotatable bonds is 4. The molecule has 2 aromatic carbocycles. The summed E-state index contributed by atoms with van der Waals surface area (Å²) in [7, 11) is 0. The number of nitrogens with zero attached hydrogens (tertiary/aromatic N) is 2. The van der Waals surface area contributed by atoms with Crippen molar-refractivity contribution < 1.29 is 19.4 Å². The zero-order valence-corrected chi connectivity index (χ0v) is 17.2. The van der Waals surface area contributed by atoms with Crippen LogP contribution in [0.1, 0.15) is 48.3 Å². The average Bonchev–Trinajstić information content (AvgIpc) is 2.69. The fourth-order valence-corrected chi connectivity index (χ4v) is 3.55.